The Balaban J connectivity index is 2.40. The molecular formula is C6H11NO. The van der Waals surface area contributed by atoms with Crippen LogP contribution in [0.1, 0.15) is 20.3 Å². The van der Waals surface area contributed by atoms with Crippen molar-refractivity contribution in [3.8, 4) is 0 Å². The second-order valence-electron chi connectivity index (χ2n) is 2.31. The average Bonchev–Trinajstić information content (AvgIpc) is 1.67. The van der Waals surface area contributed by atoms with Crippen LogP contribution < -0.4 is 5.32 Å². The maximum absolute atomic E-state index is 10.6. The van der Waals surface area contributed by atoms with Crippen molar-refractivity contribution in [3.05, 3.63) is 0 Å². The van der Waals surface area contributed by atoms with E-state index in [0.29, 0.717) is 12.0 Å². The molecule has 0 aromatic carbocycles. The number of carbonyl (C=O) groups is 1. The van der Waals surface area contributed by atoms with Gasteiger partial charge in [0.25, 0.3) is 0 Å². The first-order chi connectivity index (χ1) is 3.75. The largest absolute Gasteiger partial charge is 0.353 e. The van der Waals surface area contributed by atoms with Crippen LogP contribution in [0.15, 0.2) is 0 Å². The van der Waals surface area contributed by atoms with Gasteiger partial charge in [0.15, 0.2) is 0 Å². The monoisotopic (exact) mass is 113 g/mol. The summed E-state index contributed by atoms with van der Waals surface area (Å²) in [6.07, 6.45) is 0.979. The first-order valence-corrected chi connectivity index (χ1v) is 3.06. The molecule has 1 aliphatic rings. The lowest BCUT2D eigenvalue weighted by molar-refractivity contribution is -0.134. The van der Waals surface area contributed by atoms with E-state index in [-0.39, 0.29) is 5.91 Å². The van der Waals surface area contributed by atoms with Gasteiger partial charge < -0.3 is 5.32 Å². The van der Waals surface area contributed by atoms with Gasteiger partial charge in [0, 0.05) is 6.04 Å². The summed E-state index contributed by atoms with van der Waals surface area (Å²) in [5, 5.41) is 2.77. The predicted molar refractivity (Wildman–Crippen MR) is 31.4 cm³/mol. The van der Waals surface area contributed by atoms with E-state index in [2.05, 4.69) is 5.32 Å². The number of hydrogen-bond donors (Lipinski definition) is 1. The molecule has 0 spiro atoms. The van der Waals surface area contributed by atoms with Gasteiger partial charge in [-0.1, -0.05) is 6.92 Å². The summed E-state index contributed by atoms with van der Waals surface area (Å²) < 4.78 is 0. The Morgan fingerprint density at radius 3 is 2.50 bits per heavy atom. The Morgan fingerprint density at radius 2 is 2.38 bits per heavy atom. The lowest BCUT2D eigenvalue weighted by atomic mass is 9.90. The van der Waals surface area contributed by atoms with Crippen molar-refractivity contribution in [3.63, 3.8) is 0 Å². The van der Waals surface area contributed by atoms with Crippen molar-refractivity contribution >= 4 is 5.91 Å². The summed E-state index contributed by atoms with van der Waals surface area (Å²) in [5.41, 5.74) is 0. The maximum Gasteiger partial charge on any atom is 0.225 e. The number of hydrogen-bond acceptors (Lipinski definition) is 1. The molecule has 0 bridgehead atoms. The van der Waals surface area contributed by atoms with Crippen LogP contribution in [-0.2, 0) is 4.79 Å². The third-order valence-corrected chi connectivity index (χ3v) is 1.75. The zero-order valence-corrected chi connectivity index (χ0v) is 5.27. The molecule has 0 aromatic rings. The van der Waals surface area contributed by atoms with Crippen LogP contribution >= 0.6 is 0 Å². The van der Waals surface area contributed by atoms with Crippen molar-refractivity contribution < 1.29 is 4.79 Å². The molecule has 1 amide bonds. The summed E-state index contributed by atoms with van der Waals surface area (Å²) in [6, 6.07) is 0.424. The fourth-order valence-electron chi connectivity index (χ4n) is 1.10. The molecule has 2 heteroatoms. The summed E-state index contributed by atoms with van der Waals surface area (Å²) >= 11 is 0. The Kier molecular flexibility index (Phi) is 1.24. The zero-order chi connectivity index (χ0) is 6.15. The quantitative estimate of drug-likeness (QED) is 0.494. The van der Waals surface area contributed by atoms with Gasteiger partial charge in [0.2, 0.25) is 5.91 Å². The predicted octanol–water partition coefficient (Wildman–Crippen LogP) is 0.531. The summed E-state index contributed by atoms with van der Waals surface area (Å²) in [4.78, 5) is 10.6. The third-order valence-electron chi connectivity index (χ3n) is 1.75. The maximum atomic E-state index is 10.6. The minimum absolute atomic E-state index is 0.222. The third kappa shape index (κ3) is 0.602. The fraction of sp³-hybridized carbons (Fsp3) is 0.833. The number of rotatable bonds is 1. The standard InChI is InChI=1S/C6H11NO/c1-3-5-4(2)7-6(5)8/h4-5H,3H2,1-2H3,(H,7,8)/t4-,5+/m1/s1. The summed E-state index contributed by atoms with van der Waals surface area (Å²) in [5.74, 6) is 0.523. The smallest absolute Gasteiger partial charge is 0.225 e. The molecule has 1 rings (SSSR count). The highest BCUT2D eigenvalue weighted by Crippen LogP contribution is 2.16. The van der Waals surface area contributed by atoms with Gasteiger partial charge in [0.1, 0.15) is 0 Å². The lowest BCUT2D eigenvalue weighted by Crippen LogP contribution is -2.55. The highest BCUT2D eigenvalue weighted by Gasteiger charge is 2.33. The molecule has 0 aromatic heterocycles. The lowest BCUT2D eigenvalue weighted by Gasteiger charge is -2.33. The van der Waals surface area contributed by atoms with Gasteiger partial charge in [-0.05, 0) is 13.3 Å². The zero-order valence-electron chi connectivity index (χ0n) is 5.27. The second kappa shape index (κ2) is 1.77. The van der Waals surface area contributed by atoms with E-state index >= 15 is 0 Å². The molecule has 0 radical (unpaired) electrons. The molecule has 1 fully saturated rings. The Hall–Kier alpha value is -0.530. The van der Waals surface area contributed by atoms with Crippen LogP contribution in [0.2, 0.25) is 0 Å². The van der Waals surface area contributed by atoms with Crippen molar-refractivity contribution in [2.75, 3.05) is 0 Å². The van der Waals surface area contributed by atoms with Gasteiger partial charge in [-0.25, -0.2) is 0 Å². The van der Waals surface area contributed by atoms with Crippen molar-refractivity contribution in [2.45, 2.75) is 26.3 Å². The van der Waals surface area contributed by atoms with E-state index in [1.807, 2.05) is 13.8 Å². The van der Waals surface area contributed by atoms with Crippen LogP contribution in [0, 0.1) is 5.92 Å². The normalized spacial score (nSPS) is 36.0. The highest BCUT2D eigenvalue weighted by atomic mass is 16.2. The molecule has 0 saturated carbocycles. The fourth-order valence-corrected chi connectivity index (χ4v) is 1.10. The molecule has 1 N–H and O–H groups in total. The molecule has 2 atom stereocenters. The molecule has 8 heavy (non-hydrogen) atoms. The van der Waals surface area contributed by atoms with Crippen LogP contribution in [0.4, 0.5) is 0 Å². The van der Waals surface area contributed by atoms with E-state index in [0.717, 1.165) is 6.42 Å². The molecular weight excluding hydrogens is 102 g/mol. The molecule has 46 valence electrons. The van der Waals surface area contributed by atoms with Crippen molar-refractivity contribution in [2.24, 2.45) is 5.92 Å². The van der Waals surface area contributed by atoms with Gasteiger partial charge in [0.05, 0.1) is 5.92 Å². The number of nitrogens with one attached hydrogen (secondary N) is 1. The Morgan fingerprint density at radius 1 is 1.75 bits per heavy atom. The van der Waals surface area contributed by atoms with E-state index < -0.39 is 0 Å². The average molecular weight is 113 g/mol. The van der Waals surface area contributed by atoms with Crippen LogP contribution in [0.5, 0.6) is 0 Å². The van der Waals surface area contributed by atoms with E-state index in [1.165, 1.54) is 0 Å². The Labute approximate surface area is 49.3 Å². The van der Waals surface area contributed by atoms with E-state index in [9.17, 15) is 4.79 Å². The first kappa shape index (κ1) is 5.60. The topological polar surface area (TPSA) is 29.1 Å². The Bertz CT molecular complexity index is 111. The van der Waals surface area contributed by atoms with E-state index in [4.69, 9.17) is 0 Å². The van der Waals surface area contributed by atoms with Gasteiger partial charge in [-0.3, -0.25) is 4.79 Å². The summed E-state index contributed by atoms with van der Waals surface area (Å²) in [6.45, 7) is 4.08. The first-order valence-electron chi connectivity index (χ1n) is 3.06. The number of amides is 1. The highest BCUT2D eigenvalue weighted by molar-refractivity contribution is 5.85. The van der Waals surface area contributed by atoms with Gasteiger partial charge >= 0.3 is 0 Å². The van der Waals surface area contributed by atoms with E-state index in [1.54, 1.807) is 0 Å². The molecule has 1 saturated heterocycles. The van der Waals surface area contributed by atoms with Crippen LogP contribution in [0.25, 0.3) is 0 Å². The van der Waals surface area contributed by atoms with Gasteiger partial charge in [-0.2, -0.15) is 0 Å². The molecule has 0 aliphatic carbocycles. The number of β-lactam (4-membered cyclic amide) rings is 1. The molecule has 2 nitrogen and oxygen atoms in total. The SMILES string of the molecule is CC[C@@H]1C(=O)N[C@@H]1C. The minimum atomic E-state index is 0.222. The van der Waals surface area contributed by atoms with Crippen molar-refractivity contribution in [1.29, 1.82) is 0 Å². The molecule has 0 unspecified atom stereocenters. The summed E-state index contributed by atoms with van der Waals surface area (Å²) in [7, 11) is 0. The van der Waals surface area contributed by atoms with Gasteiger partial charge in [-0.15, -0.1) is 0 Å². The second-order valence-corrected chi connectivity index (χ2v) is 2.31. The van der Waals surface area contributed by atoms with Crippen LogP contribution in [0.3, 0.4) is 0 Å². The van der Waals surface area contributed by atoms with Crippen molar-refractivity contribution in [1.82, 2.24) is 5.32 Å². The van der Waals surface area contributed by atoms with Crippen LogP contribution in [-0.4, -0.2) is 11.9 Å². The molecule has 1 aliphatic heterocycles. The number of carbonyl (C=O) groups excluding carboxylic acids is 1. The molecule has 1 heterocycles. The minimum Gasteiger partial charge on any atom is -0.353 e.